The van der Waals surface area contributed by atoms with Crippen LogP contribution in [0.25, 0.3) is 16.9 Å². The topological polar surface area (TPSA) is 52.7 Å². The zero-order chi connectivity index (χ0) is 15.0. The molecular formula is C15H13BrN4O. The number of aryl methyl sites for hydroxylation is 2. The van der Waals surface area contributed by atoms with Gasteiger partial charge in [0.1, 0.15) is 5.69 Å². The minimum atomic E-state index is 0.543. The van der Waals surface area contributed by atoms with Crippen LogP contribution < -0.4 is 0 Å². The summed E-state index contributed by atoms with van der Waals surface area (Å²) in [7, 11) is 1.85. The number of aromatic nitrogens is 4. The van der Waals surface area contributed by atoms with Gasteiger partial charge in [0.2, 0.25) is 0 Å². The van der Waals surface area contributed by atoms with Gasteiger partial charge in [-0.3, -0.25) is 9.48 Å². The molecule has 0 aliphatic carbocycles. The van der Waals surface area contributed by atoms with Crippen LogP contribution in [0.2, 0.25) is 0 Å². The average molecular weight is 345 g/mol. The Morgan fingerprint density at radius 3 is 2.57 bits per heavy atom. The second-order valence-electron chi connectivity index (χ2n) is 4.75. The van der Waals surface area contributed by atoms with Crippen LogP contribution in [0.5, 0.6) is 0 Å². The molecule has 21 heavy (non-hydrogen) atoms. The molecule has 0 N–H and O–H groups in total. The zero-order valence-electron chi connectivity index (χ0n) is 11.6. The third-order valence-electron chi connectivity index (χ3n) is 3.24. The van der Waals surface area contributed by atoms with Crippen molar-refractivity contribution in [2.75, 3.05) is 0 Å². The standard InChI is InChI=1S/C15H13BrN4O/c1-10-12(8-19(2)17-10)15-11(9-21)7-20(18-15)14-6-4-3-5-13(14)16/h3-9H,1-2H3. The van der Waals surface area contributed by atoms with Crippen molar-refractivity contribution < 1.29 is 4.79 Å². The first-order chi connectivity index (χ1) is 10.1. The largest absolute Gasteiger partial charge is 0.298 e. The van der Waals surface area contributed by atoms with Gasteiger partial charge >= 0.3 is 0 Å². The molecule has 0 amide bonds. The molecule has 3 rings (SSSR count). The number of rotatable bonds is 3. The maximum absolute atomic E-state index is 11.4. The predicted octanol–water partition coefficient (Wildman–Crippen LogP) is 3.16. The molecule has 0 atom stereocenters. The highest BCUT2D eigenvalue weighted by atomic mass is 79.9. The molecule has 0 aliphatic heterocycles. The monoisotopic (exact) mass is 344 g/mol. The number of para-hydroxylation sites is 1. The van der Waals surface area contributed by atoms with Crippen molar-refractivity contribution in [3.63, 3.8) is 0 Å². The summed E-state index contributed by atoms with van der Waals surface area (Å²) in [6.45, 7) is 1.90. The van der Waals surface area contributed by atoms with E-state index in [4.69, 9.17) is 0 Å². The molecule has 0 saturated heterocycles. The minimum Gasteiger partial charge on any atom is -0.298 e. The number of benzene rings is 1. The fraction of sp³-hybridized carbons (Fsp3) is 0.133. The van der Waals surface area contributed by atoms with Crippen molar-refractivity contribution in [2.24, 2.45) is 7.05 Å². The van der Waals surface area contributed by atoms with E-state index in [9.17, 15) is 4.79 Å². The second kappa shape index (κ2) is 5.29. The first-order valence-corrected chi connectivity index (χ1v) is 7.20. The van der Waals surface area contributed by atoms with E-state index >= 15 is 0 Å². The maximum Gasteiger partial charge on any atom is 0.153 e. The van der Waals surface area contributed by atoms with E-state index in [0.29, 0.717) is 11.3 Å². The third-order valence-corrected chi connectivity index (χ3v) is 3.91. The number of aldehydes is 1. The Labute approximate surface area is 130 Å². The molecule has 6 heteroatoms. The highest BCUT2D eigenvalue weighted by Gasteiger charge is 2.16. The highest BCUT2D eigenvalue weighted by Crippen LogP contribution is 2.27. The van der Waals surface area contributed by atoms with Crippen LogP contribution in [-0.2, 0) is 7.05 Å². The molecular weight excluding hydrogens is 332 g/mol. The molecule has 5 nitrogen and oxygen atoms in total. The summed E-state index contributed by atoms with van der Waals surface area (Å²) in [5, 5.41) is 8.86. The van der Waals surface area contributed by atoms with Gasteiger partial charge in [-0.15, -0.1) is 0 Å². The summed E-state index contributed by atoms with van der Waals surface area (Å²) in [6, 6.07) is 7.74. The van der Waals surface area contributed by atoms with Gasteiger partial charge in [0, 0.05) is 29.5 Å². The SMILES string of the molecule is Cc1nn(C)cc1-c1nn(-c2ccccc2Br)cc1C=O. The lowest BCUT2D eigenvalue weighted by Crippen LogP contribution is -1.95. The molecule has 0 aliphatic rings. The lowest BCUT2D eigenvalue weighted by atomic mass is 10.1. The van der Waals surface area contributed by atoms with Gasteiger partial charge in [-0.2, -0.15) is 10.2 Å². The molecule has 1 aromatic carbocycles. The summed E-state index contributed by atoms with van der Waals surface area (Å²) in [4.78, 5) is 11.4. The van der Waals surface area contributed by atoms with E-state index in [1.165, 1.54) is 0 Å². The van der Waals surface area contributed by atoms with E-state index in [0.717, 1.165) is 27.7 Å². The van der Waals surface area contributed by atoms with Gasteiger partial charge in [-0.1, -0.05) is 12.1 Å². The van der Waals surface area contributed by atoms with Crippen molar-refractivity contribution in [1.29, 1.82) is 0 Å². The quantitative estimate of drug-likeness (QED) is 0.685. The smallest absolute Gasteiger partial charge is 0.153 e. The lowest BCUT2D eigenvalue weighted by Gasteiger charge is -2.03. The molecule has 2 heterocycles. The van der Waals surface area contributed by atoms with E-state index in [2.05, 4.69) is 26.1 Å². The number of hydrogen-bond donors (Lipinski definition) is 0. The Balaban J connectivity index is 2.18. The maximum atomic E-state index is 11.4. The van der Waals surface area contributed by atoms with Crippen LogP contribution in [0.4, 0.5) is 0 Å². The number of carbonyl (C=O) groups is 1. The summed E-state index contributed by atoms with van der Waals surface area (Å²) < 4.78 is 4.34. The van der Waals surface area contributed by atoms with Crippen LogP contribution in [0.15, 0.2) is 41.1 Å². The Kier molecular flexibility index (Phi) is 3.47. The normalized spacial score (nSPS) is 10.8. The van der Waals surface area contributed by atoms with Gasteiger partial charge in [0.25, 0.3) is 0 Å². The molecule has 0 saturated carbocycles. The van der Waals surface area contributed by atoms with Gasteiger partial charge in [0.05, 0.1) is 16.9 Å². The van der Waals surface area contributed by atoms with E-state index < -0.39 is 0 Å². The van der Waals surface area contributed by atoms with Crippen molar-refractivity contribution in [2.45, 2.75) is 6.92 Å². The Morgan fingerprint density at radius 1 is 1.19 bits per heavy atom. The Morgan fingerprint density at radius 2 is 1.95 bits per heavy atom. The minimum absolute atomic E-state index is 0.543. The van der Waals surface area contributed by atoms with Crippen molar-refractivity contribution >= 4 is 22.2 Å². The third kappa shape index (κ3) is 2.42. The molecule has 0 fully saturated rings. The molecule has 0 bridgehead atoms. The summed E-state index contributed by atoms with van der Waals surface area (Å²) in [5.74, 6) is 0. The van der Waals surface area contributed by atoms with Crippen LogP contribution in [-0.4, -0.2) is 25.8 Å². The van der Waals surface area contributed by atoms with Gasteiger partial charge in [0.15, 0.2) is 6.29 Å². The van der Waals surface area contributed by atoms with Crippen molar-refractivity contribution in [3.05, 3.63) is 52.4 Å². The summed E-state index contributed by atoms with van der Waals surface area (Å²) >= 11 is 3.50. The van der Waals surface area contributed by atoms with Crippen molar-refractivity contribution in [3.8, 4) is 16.9 Å². The van der Waals surface area contributed by atoms with E-state index in [-0.39, 0.29) is 0 Å². The number of halogens is 1. The summed E-state index contributed by atoms with van der Waals surface area (Å²) in [5.41, 5.74) is 3.78. The fourth-order valence-corrected chi connectivity index (χ4v) is 2.74. The van der Waals surface area contributed by atoms with Crippen LogP contribution >= 0.6 is 15.9 Å². The van der Waals surface area contributed by atoms with Crippen LogP contribution in [0.3, 0.4) is 0 Å². The second-order valence-corrected chi connectivity index (χ2v) is 5.60. The summed E-state index contributed by atoms with van der Waals surface area (Å²) in [6.07, 6.45) is 4.42. The lowest BCUT2D eigenvalue weighted by molar-refractivity contribution is 0.112. The van der Waals surface area contributed by atoms with E-state index in [1.807, 2.05) is 44.4 Å². The fourth-order valence-electron chi connectivity index (χ4n) is 2.28. The van der Waals surface area contributed by atoms with Gasteiger partial charge < -0.3 is 0 Å². The molecule has 3 aromatic rings. The van der Waals surface area contributed by atoms with Gasteiger partial charge in [-0.05, 0) is 35.0 Å². The molecule has 0 unspecified atom stereocenters. The highest BCUT2D eigenvalue weighted by molar-refractivity contribution is 9.10. The molecule has 0 spiro atoms. The Bertz CT molecular complexity index is 819. The van der Waals surface area contributed by atoms with Crippen molar-refractivity contribution in [1.82, 2.24) is 19.6 Å². The zero-order valence-corrected chi connectivity index (χ0v) is 13.2. The van der Waals surface area contributed by atoms with Crippen LogP contribution in [0, 0.1) is 6.92 Å². The number of hydrogen-bond acceptors (Lipinski definition) is 3. The first kappa shape index (κ1) is 13.8. The molecule has 0 radical (unpaired) electrons. The molecule has 2 aromatic heterocycles. The van der Waals surface area contributed by atoms with Gasteiger partial charge in [-0.25, -0.2) is 4.68 Å². The van der Waals surface area contributed by atoms with Crippen LogP contribution in [0.1, 0.15) is 16.1 Å². The average Bonchev–Trinajstić information content (AvgIpc) is 3.02. The molecule has 106 valence electrons. The predicted molar refractivity (Wildman–Crippen MR) is 83.6 cm³/mol. The first-order valence-electron chi connectivity index (χ1n) is 6.40. The number of nitrogens with zero attached hydrogens (tertiary/aromatic N) is 4. The Hall–Kier alpha value is -2.21. The number of carbonyl (C=O) groups excluding carboxylic acids is 1. The van der Waals surface area contributed by atoms with E-state index in [1.54, 1.807) is 15.6 Å².